The second-order valence-corrected chi connectivity index (χ2v) is 14.1. The van der Waals surface area contributed by atoms with Crippen molar-refractivity contribution < 1.29 is 4.74 Å². The van der Waals surface area contributed by atoms with Crippen molar-refractivity contribution in [2.24, 2.45) is 0 Å². The third kappa shape index (κ3) is 4.05. The van der Waals surface area contributed by atoms with Crippen LogP contribution in [0.1, 0.15) is 0 Å². The first-order valence-corrected chi connectivity index (χ1v) is 18.2. The predicted octanol–water partition coefficient (Wildman–Crippen LogP) is 13.6. The van der Waals surface area contributed by atoms with Gasteiger partial charge >= 0.3 is 0 Å². The molecule has 0 spiro atoms. The second kappa shape index (κ2) is 10.7. The van der Waals surface area contributed by atoms with Gasteiger partial charge in [-0.1, -0.05) is 121 Å². The van der Waals surface area contributed by atoms with E-state index >= 15 is 0 Å². The van der Waals surface area contributed by atoms with Gasteiger partial charge in [0.25, 0.3) is 0 Å². The van der Waals surface area contributed by atoms with Gasteiger partial charge in [-0.3, -0.25) is 0 Å². The van der Waals surface area contributed by atoms with Crippen LogP contribution < -0.4 is 4.74 Å². The summed E-state index contributed by atoms with van der Waals surface area (Å²) in [4.78, 5) is 0. The molecule has 0 bridgehead atoms. The van der Waals surface area contributed by atoms with Gasteiger partial charge in [-0.25, -0.2) is 0 Å². The first kappa shape index (κ1) is 28.6. The molecule has 0 atom stereocenters. The Kier molecular flexibility index (Phi) is 5.77. The quantitative estimate of drug-likeness (QED) is 0.183. The number of hydrogen-bond donors (Lipinski definition) is 0. The molecule has 3 heteroatoms. The molecule has 9 aromatic carbocycles. The Labute approximate surface area is 305 Å². The lowest BCUT2D eigenvalue weighted by Crippen LogP contribution is -1.99. The maximum atomic E-state index is 6.84. The lowest BCUT2D eigenvalue weighted by atomic mass is 9.90. The molecular formula is C50H30N2O. The van der Waals surface area contributed by atoms with Crippen molar-refractivity contribution in [1.29, 1.82) is 0 Å². The molecular weight excluding hydrogens is 645 g/mol. The molecule has 53 heavy (non-hydrogen) atoms. The Morgan fingerprint density at radius 3 is 1.89 bits per heavy atom. The van der Waals surface area contributed by atoms with E-state index < -0.39 is 0 Å². The average Bonchev–Trinajstić information content (AvgIpc) is 3.73. The molecule has 0 unspecified atom stereocenters. The molecule has 0 fully saturated rings. The minimum Gasteiger partial charge on any atom is -0.456 e. The highest BCUT2D eigenvalue weighted by molar-refractivity contribution is 6.25. The summed E-state index contributed by atoms with van der Waals surface area (Å²) in [5, 5.41) is 9.84. The molecule has 3 nitrogen and oxygen atoms in total. The van der Waals surface area contributed by atoms with Crippen molar-refractivity contribution in [2.75, 3.05) is 0 Å². The Bertz CT molecular complexity index is 3310. The number of fused-ring (bicyclic) bond motifs is 10. The molecule has 246 valence electrons. The van der Waals surface area contributed by atoms with Gasteiger partial charge in [-0.2, -0.15) is 0 Å². The van der Waals surface area contributed by atoms with Crippen LogP contribution in [0.5, 0.6) is 11.5 Å². The third-order valence-corrected chi connectivity index (χ3v) is 11.3. The summed E-state index contributed by atoms with van der Waals surface area (Å²) >= 11 is 0. The van der Waals surface area contributed by atoms with E-state index in [1.807, 2.05) is 0 Å². The lowest BCUT2D eigenvalue weighted by molar-refractivity contribution is 0.487. The number of para-hydroxylation sites is 3. The van der Waals surface area contributed by atoms with Crippen LogP contribution in [0.3, 0.4) is 0 Å². The fraction of sp³-hybridized carbons (Fsp3) is 0. The minimum atomic E-state index is 0.877. The van der Waals surface area contributed by atoms with Crippen molar-refractivity contribution in [3.05, 3.63) is 182 Å². The van der Waals surface area contributed by atoms with Gasteiger partial charge in [-0.05, 0) is 87.4 Å². The van der Waals surface area contributed by atoms with Gasteiger partial charge in [0.1, 0.15) is 11.5 Å². The summed E-state index contributed by atoms with van der Waals surface area (Å²) in [5.41, 5.74) is 11.7. The normalized spacial score (nSPS) is 12.3. The Morgan fingerprint density at radius 2 is 1.00 bits per heavy atom. The molecule has 0 saturated heterocycles. The first-order valence-electron chi connectivity index (χ1n) is 18.2. The van der Waals surface area contributed by atoms with Crippen LogP contribution in [-0.2, 0) is 0 Å². The monoisotopic (exact) mass is 674 g/mol. The third-order valence-electron chi connectivity index (χ3n) is 11.3. The molecule has 1 aliphatic heterocycles. The van der Waals surface area contributed by atoms with Crippen molar-refractivity contribution in [3.8, 4) is 45.1 Å². The molecule has 12 rings (SSSR count). The Hall–Kier alpha value is -7.10. The standard InChI is InChI=1S/C50H30N2O/c1-2-13-35(14-3-1)51-44-20-9-7-16-40(44)49-41-18-10-17-39-42-28-33(23-26-47(42)53-48(50(39)41)30-46(49)51)34-22-25-38-37-15-6-8-19-43(37)52(45(38)29-34)36-24-21-31-11-4-5-12-32(31)27-36/h1-30H. The van der Waals surface area contributed by atoms with E-state index in [1.54, 1.807) is 0 Å². The number of nitrogens with zero attached hydrogens (tertiary/aromatic N) is 2. The predicted molar refractivity (Wildman–Crippen MR) is 221 cm³/mol. The van der Waals surface area contributed by atoms with Gasteiger partial charge < -0.3 is 13.9 Å². The highest BCUT2D eigenvalue weighted by Gasteiger charge is 2.25. The summed E-state index contributed by atoms with van der Waals surface area (Å²) in [5.74, 6) is 1.77. The molecule has 11 aromatic rings. The maximum Gasteiger partial charge on any atom is 0.138 e. The largest absolute Gasteiger partial charge is 0.456 e. The van der Waals surface area contributed by atoms with E-state index in [4.69, 9.17) is 4.74 Å². The van der Waals surface area contributed by atoms with Gasteiger partial charge in [0.2, 0.25) is 0 Å². The van der Waals surface area contributed by atoms with Gasteiger partial charge in [0.05, 0.1) is 22.1 Å². The highest BCUT2D eigenvalue weighted by atomic mass is 16.5. The van der Waals surface area contributed by atoms with Crippen LogP contribution in [0, 0.1) is 0 Å². The molecule has 0 aliphatic carbocycles. The van der Waals surface area contributed by atoms with Gasteiger partial charge in [-0.15, -0.1) is 0 Å². The number of rotatable bonds is 3. The van der Waals surface area contributed by atoms with Crippen LogP contribution in [0.2, 0.25) is 0 Å². The average molecular weight is 675 g/mol. The maximum absolute atomic E-state index is 6.84. The second-order valence-electron chi connectivity index (χ2n) is 14.1. The van der Waals surface area contributed by atoms with Crippen molar-refractivity contribution >= 4 is 65.2 Å². The zero-order valence-corrected chi connectivity index (χ0v) is 28.6. The molecule has 0 N–H and O–H groups in total. The van der Waals surface area contributed by atoms with E-state index in [1.165, 1.54) is 65.4 Å². The zero-order chi connectivity index (χ0) is 34.6. The lowest BCUT2D eigenvalue weighted by Gasteiger charge is -2.23. The zero-order valence-electron chi connectivity index (χ0n) is 28.6. The van der Waals surface area contributed by atoms with E-state index in [9.17, 15) is 0 Å². The number of hydrogen-bond acceptors (Lipinski definition) is 1. The molecule has 0 saturated carbocycles. The van der Waals surface area contributed by atoms with Crippen molar-refractivity contribution in [1.82, 2.24) is 9.13 Å². The van der Waals surface area contributed by atoms with E-state index in [2.05, 4.69) is 191 Å². The molecule has 1 aliphatic rings. The smallest absolute Gasteiger partial charge is 0.138 e. The molecule has 2 aromatic heterocycles. The van der Waals surface area contributed by atoms with Crippen molar-refractivity contribution in [2.45, 2.75) is 0 Å². The van der Waals surface area contributed by atoms with Crippen LogP contribution >= 0.6 is 0 Å². The van der Waals surface area contributed by atoms with Crippen molar-refractivity contribution in [3.63, 3.8) is 0 Å². The fourth-order valence-electron chi connectivity index (χ4n) is 8.93. The fourth-order valence-corrected chi connectivity index (χ4v) is 8.93. The summed E-state index contributed by atoms with van der Waals surface area (Å²) in [6.07, 6.45) is 0. The van der Waals surface area contributed by atoms with E-state index in [-0.39, 0.29) is 0 Å². The highest BCUT2D eigenvalue weighted by Crippen LogP contribution is 2.51. The SMILES string of the molecule is c1ccc(-n2c3ccccc3c3c4cccc5c4c(cc32)Oc2ccc(-c3ccc4c6ccccc6n(-c6ccc7ccccc7c6)c4c3)cc2-5)cc1. The summed E-state index contributed by atoms with van der Waals surface area (Å²) < 4.78 is 11.6. The minimum absolute atomic E-state index is 0.877. The van der Waals surface area contributed by atoms with Gasteiger partial charge in [0, 0.05) is 49.9 Å². The Morgan fingerprint density at radius 1 is 0.321 bits per heavy atom. The van der Waals surface area contributed by atoms with Crippen LogP contribution in [-0.4, -0.2) is 9.13 Å². The molecule has 0 radical (unpaired) electrons. The van der Waals surface area contributed by atoms with E-state index in [0.29, 0.717) is 0 Å². The Balaban J connectivity index is 1.06. The first-order chi connectivity index (χ1) is 26.3. The van der Waals surface area contributed by atoms with Gasteiger partial charge in [0.15, 0.2) is 0 Å². The van der Waals surface area contributed by atoms with E-state index in [0.717, 1.165) is 44.9 Å². The number of benzene rings is 9. The van der Waals surface area contributed by atoms with Crippen LogP contribution in [0.25, 0.3) is 98.8 Å². The summed E-state index contributed by atoms with van der Waals surface area (Å²) in [6, 6.07) is 65.9. The molecule has 3 heterocycles. The topological polar surface area (TPSA) is 19.1 Å². The number of aromatic nitrogens is 2. The van der Waals surface area contributed by atoms with Crippen LogP contribution in [0.15, 0.2) is 182 Å². The number of ether oxygens (including phenoxy) is 1. The summed E-state index contributed by atoms with van der Waals surface area (Å²) in [6.45, 7) is 0. The molecule has 0 amide bonds. The van der Waals surface area contributed by atoms with Crippen LogP contribution in [0.4, 0.5) is 0 Å². The summed E-state index contributed by atoms with van der Waals surface area (Å²) in [7, 11) is 0.